The number of nitrogens with two attached hydrogens (primary N) is 1. The molecule has 6 heterocycles. The Labute approximate surface area is 285 Å². The minimum absolute atomic E-state index is 0.0979. The topological polar surface area (TPSA) is 165 Å². The predicted molar refractivity (Wildman–Crippen MR) is 182 cm³/mol. The molecule has 1 aromatic carbocycles. The van der Waals surface area contributed by atoms with Crippen molar-refractivity contribution < 1.29 is 24.0 Å². The maximum absolute atomic E-state index is 13.3. The first-order chi connectivity index (χ1) is 23.5. The molecule has 6 amide bonds. The van der Waals surface area contributed by atoms with Crippen LogP contribution in [0.25, 0.3) is 0 Å². The third-order valence-corrected chi connectivity index (χ3v) is 11.1. The first kappa shape index (κ1) is 33.0. The highest BCUT2D eigenvalue weighted by atomic mass is 16.2. The fraction of sp³-hybridized carbons (Fsp3) is 0.543. The molecular weight excluding hydrogens is 626 g/mol. The van der Waals surface area contributed by atoms with Gasteiger partial charge in [-0.05, 0) is 68.9 Å². The fourth-order valence-corrected chi connectivity index (χ4v) is 8.05. The number of rotatable bonds is 6. The summed E-state index contributed by atoms with van der Waals surface area (Å²) in [4.78, 5) is 77.2. The van der Waals surface area contributed by atoms with Crippen LogP contribution in [0.2, 0.25) is 0 Å². The molecule has 0 saturated carbocycles. The van der Waals surface area contributed by atoms with Gasteiger partial charge in [-0.2, -0.15) is 0 Å². The molecule has 5 aliphatic rings. The minimum atomic E-state index is -0.964. The molecule has 4 saturated heterocycles. The number of aromatic nitrogens is 1. The van der Waals surface area contributed by atoms with Crippen LogP contribution in [0.4, 0.5) is 16.3 Å². The summed E-state index contributed by atoms with van der Waals surface area (Å²) in [6, 6.07) is 8.27. The number of amides is 6. The summed E-state index contributed by atoms with van der Waals surface area (Å²) in [7, 11) is 0. The van der Waals surface area contributed by atoms with Crippen LogP contribution in [0.15, 0.2) is 36.5 Å². The Morgan fingerprint density at radius 1 is 0.939 bits per heavy atom. The van der Waals surface area contributed by atoms with E-state index >= 15 is 0 Å². The van der Waals surface area contributed by atoms with Gasteiger partial charge in [-0.3, -0.25) is 34.3 Å². The number of imide groups is 2. The van der Waals surface area contributed by atoms with Gasteiger partial charge in [0.15, 0.2) is 0 Å². The smallest absolute Gasteiger partial charge is 0.315 e. The Hall–Kier alpha value is -4.56. The molecule has 2 aromatic rings. The molecule has 260 valence electrons. The summed E-state index contributed by atoms with van der Waals surface area (Å²) in [5, 5.41) is 5.71. The molecule has 1 aromatic heterocycles. The van der Waals surface area contributed by atoms with Crippen LogP contribution in [0.1, 0.15) is 65.8 Å². The standard InChI is InChI=1S/C35H45N9O5/c1-22-19-43(34(36)49)35(2,21-38-22)24-3-7-29(37-18-24)42-11-9-23(10-12-42)20-40-13-15-41(16-14-40)25-4-5-26-27(17-25)33(48)44(32(26)47)28-6-8-30(45)39-31(28)46/h3-5,7,17-18,22-23,28,38H,6,8-16,19-21H2,1-2H3,(H2,36,49)(H,39,45,46). The zero-order chi connectivity index (χ0) is 34.4. The SMILES string of the molecule is CC1CN(C(N)=O)C(C)(c2ccc(N3CCC(CN4CCN(c5ccc6c(c5)C(=O)N(C5CCC(=O)NC5=O)C6=O)CC4)CC3)nc2)CN1. The number of fused-ring (bicyclic) bond motifs is 1. The van der Waals surface area contributed by atoms with Gasteiger partial charge in [0.2, 0.25) is 11.8 Å². The van der Waals surface area contributed by atoms with Gasteiger partial charge in [-0.1, -0.05) is 6.07 Å². The summed E-state index contributed by atoms with van der Waals surface area (Å²) < 4.78 is 0. The molecule has 0 aliphatic carbocycles. The number of benzene rings is 1. The molecule has 14 heteroatoms. The zero-order valence-corrected chi connectivity index (χ0v) is 28.2. The van der Waals surface area contributed by atoms with Crippen molar-refractivity contribution in [3.63, 3.8) is 0 Å². The second-order valence-electron chi connectivity index (χ2n) is 14.3. The largest absolute Gasteiger partial charge is 0.369 e. The first-order valence-electron chi connectivity index (χ1n) is 17.4. The van der Waals surface area contributed by atoms with E-state index in [0.717, 1.165) is 80.6 Å². The van der Waals surface area contributed by atoms with Crippen LogP contribution in [-0.2, 0) is 15.1 Å². The van der Waals surface area contributed by atoms with E-state index < -0.39 is 35.3 Å². The van der Waals surface area contributed by atoms with Crippen molar-refractivity contribution in [3.8, 4) is 0 Å². The van der Waals surface area contributed by atoms with Crippen LogP contribution in [0, 0.1) is 5.92 Å². The molecule has 14 nitrogen and oxygen atoms in total. The molecule has 5 aliphatic heterocycles. The second kappa shape index (κ2) is 13.0. The van der Waals surface area contributed by atoms with Gasteiger partial charge < -0.3 is 25.8 Å². The average Bonchev–Trinajstić information content (AvgIpc) is 3.35. The summed E-state index contributed by atoms with van der Waals surface area (Å²) in [6.07, 6.45) is 4.30. The monoisotopic (exact) mass is 671 g/mol. The molecule has 3 atom stereocenters. The zero-order valence-electron chi connectivity index (χ0n) is 28.2. The average molecular weight is 672 g/mol. The van der Waals surface area contributed by atoms with E-state index in [9.17, 15) is 24.0 Å². The van der Waals surface area contributed by atoms with Gasteiger partial charge in [0, 0.05) is 83.2 Å². The Morgan fingerprint density at radius 3 is 2.35 bits per heavy atom. The van der Waals surface area contributed by atoms with Crippen molar-refractivity contribution in [1.29, 1.82) is 0 Å². The van der Waals surface area contributed by atoms with Crippen molar-refractivity contribution in [2.75, 3.05) is 68.7 Å². The molecule has 0 bridgehead atoms. The van der Waals surface area contributed by atoms with E-state index in [1.165, 1.54) is 0 Å². The van der Waals surface area contributed by atoms with Gasteiger partial charge in [-0.25, -0.2) is 9.78 Å². The molecule has 0 radical (unpaired) electrons. The van der Waals surface area contributed by atoms with Crippen molar-refractivity contribution in [2.45, 2.75) is 57.2 Å². The van der Waals surface area contributed by atoms with Crippen LogP contribution in [0.3, 0.4) is 0 Å². The van der Waals surface area contributed by atoms with Crippen molar-refractivity contribution in [1.82, 2.24) is 30.3 Å². The normalized spacial score (nSPS) is 27.1. The minimum Gasteiger partial charge on any atom is -0.369 e. The first-order valence-corrected chi connectivity index (χ1v) is 17.4. The lowest BCUT2D eigenvalue weighted by atomic mass is 9.88. The molecule has 3 unspecified atom stereocenters. The highest BCUT2D eigenvalue weighted by molar-refractivity contribution is 6.23. The van der Waals surface area contributed by atoms with Crippen LogP contribution < -0.4 is 26.2 Å². The number of piperazine rings is 2. The molecule has 4 N–H and O–H groups in total. The number of piperidine rings is 2. The molecule has 0 spiro atoms. The number of pyridine rings is 1. The highest BCUT2D eigenvalue weighted by Gasteiger charge is 2.45. The van der Waals surface area contributed by atoms with E-state index in [0.29, 0.717) is 30.1 Å². The number of nitrogens with one attached hydrogen (secondary N) is 2. The second-order valence-corrected chi connectivity index (χ2v) is 14.3. The highest BCUT2D eigenvalue weighted by Crippen LogP contribution is 2.33. The van der Waals surface area contributed by atoms with E-state index in [2.05, 4.69) is 37.5 Å². The number of carbonyl (C=O) groups is 5. The third-order valence-electron chi connectivity index (χ3n) is 11.1. The Morgan fingerprint density at radius 2 is 1.67 bits per heavy atom. The maximum atomic E-state index is 13.3. The number of hydrogen-bond acceptors (Lipinski definition) is 10. The summed E-state index contributed by atoms with van der Waals surface area (Å²) in [6.45, 7) is 11.6. The molecule has 49 heavy (non-hydrogen) atoms. The fourth-order valence-electron chi connectivity index (χ4n) is 8.05. The van der Waals surface area contributed by atoms with E-state index in [-0.39, 0.29) is 24.8 Å². The maximum Gasteiger partial charge on any atom is 0.315 e. The molecule has 4 fully saturated rings. The van der Waals surface area contributed by atoms with Crippen LogP contribution in [0.5, 0.6) is 0 Å². The lowest BCUT2D eigenvalue weighted by molar-refractivity contribution is -0.136. The number of primary amides is 1. The molecular formula is C35H45N9O5. The van der Waals surface area contributed by atoms with Gasteiger partial charge in [0.1, 0.15) is 11.9 Å². The van der Waals surface area contributed by atoms with Crippen molar-refractivity contribution in [2.24, 2.45) is 11.7 Å². The van der Waals surface area contributed by atoms with Gasteiger partial charge in [0.25, 0.3) is 11.8 Å². The number of urea groups is 1. The van der Waals surface area contributed by atoms with Gasteiger partial charge in [0.05, 0.1) is 16.7 Å². The van der Waals surface area contributed by atoms with E-state index in [4.69, 9.17) is 10.7 Å². The van der Waals surface area contributed by atoms with Crippen LogP contribution >= 0.6 is 0 Å². The predicted octanol–water partition coefficient (Wildman–Crippen LogP) is 1.11. The van der Waals surface area contributed by atoms with Crippen LogP contribution in [-0.4, -0.2) is 120 Å². The summed E-state index contributed by atoms with van der Waals surface area (Å²) in [5.74, 6) is -0.398. The number of hydrogen-bond donors (Lipinski definition) is 3. The number of nitrogens with zero attached hydrogens (tertiary/aromatic N) is 6. The van der Waals surface area contributed by atoms with E-state index in [1.54, 1.807) is 17.0 Å². The van der Waals surface area contributed by atoms with Gasteiger partial charge in [-0.15, -0.1) is 0 Å². The quantitative estimate of drug-likeness (QED) is 0.379. The van der Waals surface area contributed by atoms with Crippen molar-refractivity contribution in [3.05, 3.63) is 53.2 Å². The van der Waals surface area contributed by atoms with Crippen molar-refractivity contribution >= 4 is 41.2 Å². The van der Waals surface area contributed by atoms with E-state index in [1.807, 2.05) is 26.1 Å². The summed E-state index contributed by atoms with van der Waals surface area (Å²) in [5.41, 5.74) is 7.68. The lowest BCUT2D eigenvalue weighted by Gasteiger charge is -2.46. The number of anilines is 2. The Kier molecular flexibility index (Phi) is 8.78. The Bertz CT molecular complexity index is 1650. The summed E-state index contributed by atoms with van der Waals surface area (Å²) >= 11 is 0. The Balaban J connectivity index is 0.896. The third kappa shape index (κ3) is 6.23. The number of carbonyl (C=O) groups excluding carboxylic acids is 5. The van der Waals surface area contributed by atoms with Gasteiger partial charge >= 0.3 is 6.03 Å². The molecule has 7 rings (SSSR count). The lowest BCUT2D eigenvalue weighted by Crippen LogP contribution is -2.63.